The topological polar surface area (TPSA) is 38.5 Å². The van der Waals surface area contributed by atoms with Crippen LogP contribution in [-0.4, -0.2) is 31.6 Å². The van der Waals surface area contributed by atoms with Crippen molar-refractivity contribution in [2.75, 3.05) is 20.7 Å². The zero-order chi connectivity index (χ0) is 14.8. The van der Waals surface area contributed by atoms with Crippen molar-refractivity contribution < 1.29 is 4.74 Å². The number of methoxy groups -OCH3 is 1. The van der Waals surface area contributed by atoms with Gasteiger partial charge in [0.25, 0.3) is 0 Å². The normalized spacial score (nSPS) is 16.4. The van der Waals surface area contributed by atoms with Gasteiger partial charge in [-0.05, 0) is 42.6 Å². The predicted octanol–water partition coefficient (Wildman–Crippen LogP) is 3.02. The van der Waals surface area contributed by atoms with Gasteiger partial charge in [-0.25, -0.2) is 0 Å². The standard InChI is InChI=1S/C18H24N2O/c1-20(17(11-19)14-7-8-14)12-16-15-6-4-3-5-13(15)9-10-18(16)21-2/h3-6,9-10,14,17H,7-8,11-12,19H2,1-2H3. The molecule has 1 unspecified atom stereocenters. The molecule has 21 heavy (non-hydrogen) atoms. The fourth-order valence-electron chi connectivity index (χ4n) is 3.25. The van der Waals surface area contributed by atoms with Crippen LogP contribution < -0.4 is 10.5 Å². The number of benzene rings is 2. The minimum atomic E-state index is 0.480. The summed E-state index contributed by atoms with van der Waals surface area (Å²) in [6.45, 7) is 1.61. The molecule has 0 heterocycles. The van der Waals surface area contributed by atoms with Gasteiger partial charge in [0.2, 0.25) is 0 Å². The fraction of sp³-hybridized carbons (Fsp3) is 0.444. The van der Waals surface area contributed by atoms with E-state index in [-0.39, 0.29) is 0 Å². The second-order valence-electron chi connectivity index (χ2n) is 6.02. The molecule has 2 N–H and O–H groups in total. The van der Waals surface area contributed by atoms with E-state index in [1.165, 1.54) is 29.2 Å². The van der Waals surface area contributed by atoms with Gasteiger partial charge in [-0.15, -0.1) is 0 Å². The van der Waals surface area contributed by atoms with E-state index < -0.39 is 0 Å². The highest BCUT2D eigenvalue weighted by Gasteiger charge is 2.33. The number of nitrogens with two attached hydrogens (primary N) is 1. The molecular formula is C18H24N2O. The highest BCUT2D eigenvalue weighted by atomic mass is 16.5. The Hall–Kier alpha value is -1.58. The molecule has 1 fully saturated rings. The molecule has 1 aliphatic rings. The Morgan fingerprint density at radius 1 is 1.24 bits per heavy atom. The molecule has 3 rings (SSSR count). The van der Waals surface area contributed by atoms with E-state index in [1.54, 1.807) is 7.11 Å². The summed E-state index contributed by atoms with van der Waals surface area (Å²) in [7, 11) is 3.92. The Morgan fingerprint density at radius 2 is 2.00 bits per heavy atom. The SMILES string of the molecule is COc1ccc2ccccc2c1CN(C)C(CN)C1CC1. The third kappa shape index (κ3) is 2.89. The lowest BCUT2D eigenvalue weighted by Gasteiger charge is -2.28. The van der Waals surface area contributed by atoms with E-state index in [2.05, 4.69) is 48.3 Å². The zero-order valence-electron chi connectivity index (χ0n) is 12.9. The number of rotatable bonds is 6. The number of nitrogens with zero attached hydrogens (tertiary/aromatic N) is 1. The summed E-state index contributed by atoms with van der Waals surface area (Å²) in [5.74, 6) is 1.74. The summed E-state index contributed by atoms with van der Waals surface area (Å²) in [5.41, 5.74) is 7.24. The van der Waals surface area contributed by atoms with Crippen LogP contribution in [0.15, 0.2) is 36.4 Å². The zero-order valence-corrected chi connectivity index (χ0v) is 12.9. The summed E-state index contributed by atoms with van der Waals surface area (Å²) in [5, 5.41) is 2.53. The third-order valence-electron chi connectivity index (χ3n) is 4.60. The molecule has 2 aromatic carbocycles. The van der Waals surface area contributed by atoms with E-state index in [9.17, 15) is 0 Å². The van der Waals surface area contributed by atoms with Crippen molar-refractivity contribution in [1.29, 1.82) is 0 Å². The molecule has 1 aliphatic carbocycles. The lowest BCUT2D eigenvalue weighted by Crippen LogP contribution is -2.39. The van der Waals surface area contributed by atoms with Gasteiger partial charge in [-0.3, -0.25) is 4.90 Å². The van der Waals surface area contributed by atoms with Gasteiger partial charge in [0.15, 0.2) is 0 Å². The van der Waals surface area contributed by atoms with Crippen LogP contribution in [0, 0.1) is 5.92 Å². The number of fused-ring (bicyclic) bond motifs is 1. The Labute approximate surface area is 126 Å². The molecule has 2 aromatic rings. The molecule has 3 heteroatoms. The molecule has 1 saturated carbocycles. The maximum atomic E-state index is 5.98. The number of hydrogen-bond donors (Lipinski definition) is 1. The highest BCUT2D eigenvalue weighted by Crippen LogP contribution is 2.36. The van der Waals surface area contributed by atoms with Gasteiger partial charge < -0.3 is 10.5 Å². The molecular weight excluding hydrogens is 260 g/mol. The minimum Gasteiger partial charge on any atom is -0.496 e. The molecule has 0 spiro atoms. The van der Waals surface area contributed by atoms with Gasteiger partial charge in [0.05, 0.1) is 7.11 Å². The summed E-state index contributed by atoms with van der Waals surface area (Å²) in [4.78, 5) is 2.39. The van der Waals surface area contributed by atoms with Crippen LogP contribution in [0.2, 0.25) is 0 Å². The summed E-state index contributed by atoms with van der Waals surface area (Å²) < 4.78 is 5.59. The molecule has 0 bridgehead atoms. The molecule has 0 saturated heterocycles. The Morgan fingerprint density at radius 3 is 2.67 bits per heavy atom. The smallest absolute Gasteiger partial charge is 0.123 e. The number of likely N-dealkylation sites (N-methyl/N-ethyl adjacent to an activating group) is 1. The fourth-order valence-corrected chi connectivity index (χ4v) is 3.25. The quantitative estimate of drug-likeness (QED) is 0.886. The van der Waals surface area contributed by atoms with Crippen LogP contribution in [0.3, 0.4) is 0 Å². The molecule has 112 valence electrons. The molecule has 1 atom stereocenters. The van der Waals surface area contributed by atoms with E-state index in [4.69, 9.17) is 10.5 Å². The Kier molecular flexibility index (Phi) is 4.13. The van der Waals surface area contributed by atoms with Crippen molar-refractivity contribution in [3.8, 4) is 5.75 Å². The first-order valence-electron chi connectivity index (χ1n) is 7.69. The number of hydrogen-bond acceptors (Lipinski definition) is 3. The number of ether oxygens (including phenoxy) is 1. The summed E-state index contributed by atoms with van der Waals surface area (Å²) in [6.07, 6.45) is 2.64. The Bertz CT molecular complexity index is 622. The largest absolute Gasteiger partial charge is 0.496 e. The monoisotopic (exact) mass is 284 g/mol. The highest BCUT2D eigenvalue weighted by molar-refractivity contribution is 5.87. The van der Waals surface area contributed by atoms with Crippen LogP contribution in [-0.2, 0) is 6.54 Å². The van der Waals surface area contributed by atoms with Crippen LogP contribution in [0.4, 0.5) is 0 Å². The van der Waals surface area contributed by atoms with Crippen molar-refractivity contribution in [3.05, 3.63) is 42.0 Å². The van der Waals surface area contributed by atoms with Crippen molar-refractivity contribution in [3.63, 3.8) is 0 Å². The summed E-state index contributed by atoms with van der Waals surface area (Å²) in [6, 6.07) is 13.2. The van der Waals surface area contributed by atoms with E-state index in [0.717, 1.165) is 24.8 Å². The Balaban J connectivity index is 1.94. The van der Waals surface area contributed by atoms with E-state index in [1.807, 2.05) is 0 Å². The lowest BCUT2D eigenvalue weighted by molar-refractivity contribution is 0.214. The second kappa shape index (κ2) is 6.04. The first kappa shape index (κ1) is 14.4. The van der Waals surface area contributed by atoms with Crippen LogP contribution in [0.5, 0.6) is 5.75 Å². The molecule has 3 nitrogen and oxygen atoms in total. The average molecular weight is 284 g/mol. The maximum absolute atomic E-state index is 5.98. The lowest BCUT2D eigenvalue weighted by atomic mass is 10.0. The first-order chi connectivity index (χ1) is 10.2. The average Bonchev–Trinajstić information content (AvgIpc) is 3.33. The van der Waals surface area contributed by atoms with Gasteiger partial charge >= 0.3 is 0 Å². The maximum Gasteiger partial charge on any atom is 0.123 e. The van der Waals surface area contributed by atoms with E-state index >= 15 is 0 Å². The molecule has 0 aliphatic heterocycles. The first-order valence-corrected chi connectivity index (χ1v) is 7.69. The van der Waals surface area contributed by atoms with Gasteiger partial charge in [-0.1, -0.05) is 30.3 Å². The van der Waals surface area contributed by atoms with Crippen molar-refractivity contribution in [2.24, 2.45) is 11.7 Å². The van der Waals surface area contributed by atoms with Crippen LogP contribution in [0.25, 0.3) is 10.8 Å². The van der Waals surface area contributed by atoms with Crippen molar-refractivity contribution in [1.82, 2.24) is 4.90 Å². The van der Waals surface area contributed by atoms with Gasteiger partial charge in [-0.2, -0.15) is 0 Å². The minimum absolute atomic E-state index is 0.480. The second-order valence-corrected chi connectivity index (χ2v) is 6.02. The van der Waals surface area contributed by atoms with Gasteiger partial charge in [0.1, 0.15) is 5.75 Å². The van der Waals surface area contributed by atoms with E-state index in [0.29, 0.717) is 6.04 Å². The predicted molar refractivity (Wildman–Crippen MR) is 87.5 cm³/mol. The van der Waals surface area contributed by atoms with Crippen LogP contribution in [0.1, 0.15) is 18.4 Å². The van der Waals surface area contributed by atoms with Crippen molar-refractivity contribution in [2.45, 2.75) is 25.4 Å². The molecule has 0 aromatic heterocycles. The van der Waals surface area contributed by atoms with Crippen molar-refractivity contribution >= 4 is 10.8 Å². The third-order valence-corrected chi connectivity index (χ3v) is 4.60. The van der Waals surface area contributed by atoms with Crippen LogP contribution >= 0.6 is 0 Å². The van der Waals surface area contributed by atoms with Gasteiger partial charge in [0, 0.05) is 24.7 Å². The summed E-state index contributed by atoms with van der Waals surface area (Å²) >= 11 is 0. The molecule has 0 amide bonds. The molecule has 0 radical (unpaired) electrons.